The van der Waals surface area contributed by atoms with Crippen molar-refractivity contribution in [3.63, 3.8) is 0 Å². The predicted octanol–water partition coefficient (Wildman–Crippen LogP) is 4.89. The van der Waals surface area contributed by atoms with Gasteiger partial charge in [-0.2, -0.15) is 0 Å². The van der Waals surface area contributed by atoms with Crippen molar-refractivity contribution in [2.45, 2.75) is 11.0 Å². The molecule has 2 aliphatic heterocycles. The first-order valence-corrected chi connectivity index (χ1v) is 12.9. The first kappa shape index (κ1) is 24.3. The summed E-state index contributed by atoms with van der Waals surface area (Å²) < 4.78 is 17.7. The number of methoxy groups -OCH3 is 1. The first-order valence-electron chi connectivity index (χ1n) is 11.3. The van der Waals surface area contributed by atoms with Crippen molar-refractivity contribution in [1.82, 2.24) is 5.32 Å². The normalized spacial score (nSPS) is 17.5. The van der Waals surface area contributed by atoms with Crippen molar-refractivity contribution in [2.24, 2.45) is 0 Å². The molecule has 0 radical (unpaired) electrons. The molecule has 2 amide bonds. The van der Waals surface area contributed by atoms with Gasteiger partial charge in [-0.25, -0.2) is 0 Å². The fraction of sp³-hybridized carbons (Fsp3) is 0.185. The van der Waals surface area contributed by atoms with Crippen LogP contribution in [-0.4, -0.2) is 44.7 Å². The van der Waals surface area contributed by atoms with Gasteiger partial charge in [-0.1, -0.05) is 42.1 Å². The lowest BCUT2D eigenvalue weighted by Crippen LogP contribution is -2.46. The minimum atomic E-state index is -0.312. The Bertz CT molecular complexity index is 1350. The molecular weight excluding hydrogens is 544 g/mol. The summed E-state index contributed by atoms with van der Waals surface area (Å²) in [6.07, 6.45) is 1.51. The molecule has 0 bridgehead atoms. The number of amides is 2. The van der Waals surface area contributed by atoms with Crippen LogP contribution in [0.3, 0.4) is 0 Å². The second-order valence-corrected chi connectivity index (χ2v) is 10.1. The number of fused-ring (bicyclic) bond motifs is 2. The van der Waals surface area contributed by atoms with Gasteiger partial charge in [0.05, 0.1) is 28.7 Å². The zero-order chi connectivity index (χ0) is 25.1. The minimum Gasteiger partial charge on any atom is -0.496 e. The molecule has 3 aromatic carbocycles. The molecule has 7 nitrogen and oxygen atoms in total. The summed E-state index contributed by atoms with van der Waals surface area (Å²) in [6, 6.07) is 20.6. The standard InChI is InChI=1S/C27H23BrN2O5S/c1-33-21-11-10-17(12-19(21)28)13-25-27(32)30(20-6-2-5-9-24(20)36-25)15-26(31)29-14-18-16-34-22-7-3-4-8-23(22)35-18/h2-13,18H,14-16H2,1H3,(H,29,31). The predicted molar refractivity (Wildman–Crippen MR) is 143 cm³/mol. The van der Waals surface area contributed by atoms with Gasteiger partial charge in [0.2, 0.25) is 5.91 Å². The van der Waals surface area contributed by atoms with E-state index in [1.807, 2.05) is 72.8 Å². The van der Waals surface area contributed by atoms with Crippen molar-refractivity contribution >= 4 is 51.3 Å². The lowest BCUT2D eigenvalue weighted by atomic mass is 10.2. The lowest BCUT2D eigenvalue weighted by molar-refractivity contribution is -0.122. The maximum atomic E-state index is 13.5. The Labute approximate surface area is 221 Å². The number of carbonyl (C=O) groups is 2. The third-order valence-corrected chi connectivity index (χ3v) is 7.40. The minimum absolute atomic E-state index is 0.107. The summed E-state index contributed by atoms with van der Waals surface area (Å²) in [5.41, 5.74) is 1.55. The van der Waals surface area contributed by atoms with Gasteiger partial charge >= 0.3 is 0 Å². The van der Waals surface area contributed by atoms with Crippen LogP contribution >= 0.6 is 27.7 Å². The molecule has 3 aromatic rings. The molecular formula is C27H23BrN2O5S. The Balaban J connectivity index is 1.30. The van der Waals surface area contributed by atoms with Crippen LogP contribution < -0.4 is 24.4 Å². The molecule has 1 atom stereocenters. The smallest absolute Gasteiger partial charge is 0.265 e. The molecule has 0 saturated heterocycles. The van der Waals surface area contributed by atoms with Gasteiger partial charge in [0, 0.05) is 4.90 Å². The average Bonchev–Trinajstić information content (AvgIpc) is 2.90. The highest BCUT2D eigenvalue weighted by atomic mass is 79.9. The van der Waals surface area contributed by atoms with E-state index in [-0.39, 0.29) is 31.0 Å². The molecule has 0 aliphatic carbocycles. The van der Waals surface area contributed by atoms with Gasteiger partial charge in [-0.05, 0) is 64.0 Å². The van der Waals surface area contributed by atoms with E-state index in [4.69, 9.17) is 14.2 Å². The van der Waals surface area contributed by atoms with Crippen LogP contribution in [0.1, 0.15) is 5.56 Å². The Kier molecular flexibility index (Phi) is 7.20. The monoisotopic (exact) mass is 566 g/mol. The summed E-state index contributed by atoms with van der Waals surface area (Å²) in [5.74, 6) is 1.54. The van der Waals surface area contributed by atoms with Crippen molar-refractivity contribution in [3.8, 4) is 17.2 Å². The maximum absolute atomic E-state index is 13.5. The van der Waals surface area contributed by atoms with E-state index in [1.165, 1.54) is 16.7 Å². The van der Waals surface area contributed by atoms with E-state index in [2.05, 4.69) is 21.2 Å². The van der Waals surface area contributed by atoms with E-state index in [9.17, 15) is 9.59 Å². The fourth-order valence-electron chi connectivity index (χ4n) is 3.93. The van der Waals surface area contributed by atoms with Crippen LogP contribution in [0.25, 0.3) is 6.08 Å². The fourth-order valence-corrected chi connectivity index (χ4v) is 5.55. The number of carbonyl (C=O) groups excluding carboxylic acids is 2. The molecule has 0 fully saturated rings. The molecule has 36 heavy (non-hydrogen) atoms. The zero-order valence-electron chi connectivity index (χ0n) is 19.4. The Morgan fingerprint density at radius 3 is 2.75 bits per heavy atom. The van der Waals surface area contributed by atoms with Gasteiger partial charge in [0.15, 0.2) is 11.5 Å². The molecule has 2 aliphatic rings. The van der Waals surface area contributed by atoms with Gasteiger partial charge in [-0.3, -0.25) is 14.5 Å². The maximum Gasteiger partial charge on any atom is 0.265 e. The van der Waals surface area contributed by atoms with Crippen LogP contribution in [-0.2, 0) is 9.59 Å². The molecule has 1 unspecified atom stereocenters. The number of benzene rings is 3. The van der Waals surface area contributed by atoms with E-state index < -0.39 is 0 Å². The summed E-state index contributed by atoms with van der Waals surface area (Å²) >= 11 is 4.88. The highest BCUT2D eigenvalue weighted by molar-refractivity contribution is 9.10. The summed E-state index contributed by atoms with van der Waals surface area (Å²) in [6.45, 7) is 0.502. The number of hydrogen-bond acceptors (Lipinski definition) is 6. The van der Waals surface area contributed by atoms with Crippen LogP contribution in [0, 0.1) is 0 Å². The molecule has 1 N–H and O–H groups in total. The molecule has 0 saturated carbocycles. The van der Waals surface area contributed by atoms with Gasteiger partial charge in [0.25, 0.3) is 5.91 Å². The second-order valence-electron chi connectivity index (χ2n) is 8.17. The van der Waals surface area contributed by atoms with Crippen molar-refractivity contribution < 1.29 is 23.8 Å². The van der Waals surface area contributed by atoms with Crippen molar-refractivity contribution in [1.29, 1.82) is 0 Å². The van der Waals surface area contributed by atoms with Crippen LogP contribution in [0.5, 0.6) is 17.2 Å². The lowest BCUT2D eigenvalue weighted by Gasteiger charge is -2.30. The van der Waals surface area contributed by atoms with Gasteiger partial charge < -0.3 is 19.5 Å². The summed E-state index contributed by atoms with van der Waals surface area (Å²) in [5, 5.41) is 2.88. The average molecular weight is 567 g/mol. The number of halogens is 1. The zero-order valence-corrected chi connectivity index (χ0v) is 21.8. The molecule has 0 aromatic heterocycles. The number of ether oxygens (including phenoxy) is 3. The molecule has 9 heteroatoms. The number of hydrogen-bond donors (Lipinski definition) is 1. The third-order valence-electron chi connectivity index (χ3n) is 5.70. The molecule has 5 rings (SSSR count). The van der Waals surface area contributed by atoms with E-state index in [0.717, 1.165) is 14.9 Å². The second kappa shape index (κ2) is 10.7. The molecule has 2 heterocycles. The number of para-hydroxylation sites is 3. The van der Waals surface area contributed by atoms with E-state index in [1.54, 1.807) is 7.11 Å². The Morgan fingerprint density at radius 2 is 1.94 bits per heavy atom. The first-order chi connectivity index (χ1) is 17.5. The summed E-state index contributed by atoms with van der Waals surface area (Å²) in [7, 11) is 1.60. The van der Waals surface area contributed by atoms with Crippen LogP contribution in [0.15, 0.2) is 81.0 Å². The van der Waals surface area contributed by atoms with Crippen molar-refractivity contribution in [3.05, 3.63) is 81.7 Å². The van der Waals surface area contributed by atoms with Gasteiger partial charge in [-0.15, -0.1) is 0 Å². The third kappa shape index (κ3) is 5.22. The SMILES string of the molecule is COc1ccc(C=C2Sc3ccccc3N(CC(=O)NCC3COc4ccccc4O3)C2=O)cc1Br. The number of thioether (sulfide) groups is 1. The highest BCUT2D eigenvalue weighted by Crippen LogP contribution is 2.42. The number of anilines is 1. The number of nitrogens with zero attached hydrogens (tertiary/aromatic N) is 1. The Morgan fingerprint density at radius 1 is 1.17 bits per heavy atom. The molecule has 184 valence electrons. The summed E-state index contributed by atoms with van der Waals surface area (Å²) in [4.78, 5) is 29.3. The number of nitrogens with one attached hydrogen (secondary N) is 1. The quantitative estimate of drug-likeness (QED) is 0.428. The number of rotatable bonds is 6. The molecule has 0 spiro atoms. The van der Waals surface area contributed by atoms with Crippen molar-refractivity contribution in [2.75, 3.05) is 31.7 Å². The largest absolute Gasteiger partial charge is 0.496 e. The Hall–Kier alpha value is -3.43. The highest BCUT2D eigenvalue weighted by Gasteiger charge is 2.31. The van der Waals surface area contributed by atoms with Gasteiger partial charge in [0.1, 0.15) is 25.0 Å². The van der Waals surface area contributed by atoms with E-state index in [0.29, 0.717) is 34.4 Å². The topological polar surface area (TPSA) is 77.1 Å². The van der Waals surface area contributed by atoms with E-state index >= 15 is 0 Å². The van der Waals surface area contributed by atoms with Crippen LogP contribution in [0.2, 0.25) is 0 Å². The van der Waals surface area contributed by atoms with Crippen LogP contribution in [0.4, 0.5) is 5.69 Å².